The molecule has 188 valence electrons. The Balaban J connectivity index is 1.49. The number of carbonyl (C=O) groups is 2. The van der Waals surface area contributed by atoms with Gasteiger partial charge in [0.2, 0.25) is 0 Å². The first-order valence-corrected chi connectivity index (χ1v) is 12.0. The fourth-order valence-electron chi connectivity index (χ4n) is 5.55. The number of amides is 2. The minimum Gasteiger partial charge on any atom is -0.508 e. The van der Waals surface area contributed by atoms with Crippen molar-refractivity contribution in [3.8, 4) is 11.5 Å². The molecule has 3 aromatic heterocycles. The third kappa shape index (κ3) is 2.92. The van der Waals surface area contributed by atoms with Gasteiger partial charge in [-0.2, -0.15) is 0 Å². The summed E-state index contributed by atoms with van der Waals surface area (Å²) in [6.07, 6.45) is 1.58. The summed E-state index contributed by atoms with van der Waals surface area (Å²) in [6.45, 7) is -0.00898. The molecule has 6 aromatic rings. The third-order valence-corrected chi connectivity index (χ3v) is 7.28. The molecule has 0 saturated carbocycles. The number of aromatic nitrogens is 3. The summed E-state index contributed by atoms with van der Waals surface area (Å²) in [6, 6.07) is 13.2. The maximum absolute atomic E-state index is 13.9. The molecule has 2 amide bonds. The summed E-state index contributed by atoms with van der Waals surface area (Å²) in [5, 5.41) is 33.2. The molecule has 0 aliphatic carbocycles. The van der Waals surface area contributed by atoms with Gasteiger partial charge in [-0.15, -0.1) is 0 Å². The molecule has 0 saturated heterocycles. The number of aryl methyl sites for hydroxylation is 1. The van der Waals surface area contributed by atoms with Crippen LogP contribution >= 0.6 is 0 Å². The van der Waals surface area contributed by atoms with Crippen LogP contribution in [0.3, 0.4) is 0 Å². The highest BCUT2D eigenvalue weighted by atomic mass is 16.3. The zero-order valence-electron chi connectivity index (χ0n) is 20.1. The van der Waals surface area contributed by atoms with Crippen molar-refractivity contribution in [2.45, 2.75) is 13.2 Å². The van der Waals surface area contributed by atoms with Gasteiger partial charge in [-0.1, -0.05) is 6.07 Å². The molecule has 38 heavy (non-hydrogen) atoms. The number of hydrogen-bond donors (Lipinski definition) is 5. The van der Waals surface area contributed by atoms with Crippen molar-refractivity contribution in [1.82, 2.24) is 25.0 Å². The van der Waals surface area contributed by atoms with E-state index in [1.54, 1.807) is 54.7 Å². The van der Waals surface area contributed by atoms with Gasteiger partial charge in [0.15, 0.2) is 0 Å². The predicted molar refractivity (Wildman–Crippen MR) is 141 cm³/mol. The number of pyridine rings is 1. The Kier molecular flexibility index (Phi) is 4.56. The molecule has 0 fully saturated rings. The van der Waals surface area contributed by atoms with E-state index in [4.69, 9.17) is 0 Å². The van der Waals surface area contributed by atoms with E-state index >= 15 is 0 Å². The fourth-order valence-corrected chi connectivity index (χ4v) is 5.55. The van der Waals surface area contributed by atoms with E-state index in [0.29, 0.717) is 43.9 Å². The number of aliphatic hydroxyl groups excluding tert-OH is 1. The summed E-state index contributed by atoms with van der Waals surface area (Å²) < 4.78 is 1.89. The number of carbonyl (C=O) groups excluding carboxylic acids is 2. The molecule has 3 aromatic carbocycles. The highest BCUT2D eigenvalue weighted by molar-refractivity contribution is 6.39. The number of phenols is 2. The molecular weight excluding hydrogens is 486 g/mol. The van der Waals surface area contributed by atoms with Crippen LogP contribution in [-0.2, 0) is 20.2 Å². The number of fused-ring (bicyclic) bond motifs is 10. The monoisotopic (exact) mass is 507 g/mol. The van der Waals surface area contributed by atoms with Gasteiger partial charge < -0.3 is 24.9 Å². The Morgan fingerprint density at radius 1 is 0.921 bits per heavy atom. The van der Waals surface area contributed by atoms with Crippen molar-refractivity contribution in [3.63, 3.8) is 0 Å². The quantitative estimate of drug-likeness (QED) is 0.230. The van der Waals surface area contributed by atoms with E-state index in [2.05, 4.69) is 15.4 Å². The Morgan fingerprint density at radius 2 is 1.63 bits per heavy atom. The minimum atomic E-state index is -0.485. The molecule has 4 heterocycles. The van der Waals surface area contributed by atoms with Gasteiger partial charge in [-0.3, -0.25) is 14.6 Å². The van der Waals surface area contributed by atoms with Gasteiger partial charge in [0, 0.05) is 53.5 Å². The number of nitrogens with one attached hydrogen (secondary N) is 2. The number of hydrazine groups is 1. The SMILES string of the molecule is Cn1c2cc(O)ccc2c2c3c(c4c5ccc(O)cc5[nH]c4c21)C(=O)N(NCc1ccc(CO)nc1)C3=O. The van der Waals surface area contributed by atoms with E-state index in [9.17, 15) is 24.9 Å². The number of nitrogens with zero attached hydrogens (tertiary/aromatic N) is 3. The lowest BCUT2D eigenvalue weighted by Gasteiger charge is -2.15. The molecule has 10 nitrogen and oxygen atoms in total. The fraction of sp³-hybridized carbons (Fsp3) is 0.107. The van der Waals surface area contributed by atoms with Crippen LogP contribution < -0.4 is 5.43 Å². The summed E-state index contributed by atoms with van der Waals surface area (Å²) in [4.78, 5) is 35.3. The first-order valence-electron chi connectivity index (χ1n) is 12.0. The number of aromatic hydroxyl groups is 2. The largest absolute Gasteiger partial charge is 0.508 e. The van der Waals surface area contributed by atoms with E-state index in [0.717, 1.165) is 16.0 Å². The minimum absolute atomic E-state index is 0.0745. The first kappa shape index (κ1) is 22.3. The lowest BCUT2D eigenvalue weighted by Crippen LogP contribution is -2.41. The van der Waals surface area contributed by atoms with Crippen LogP contribution in [0.25, 0.3) is 43.6 Å². The molecule has 7 rings (SSSR count). The maximum Gasteiger partial charge on any atom is 0.276 e. The van der Waals surface area contributed by atoms with Crippen LogP contribution in [0, 0.1) is 0 Å². The second-order valence-corrected chi connectivity index (χ2v) is 9.44. The number of aromatic amines is 1. The van der Waals surface area contributed by atoms with Crippen molar-refractivity contribution in [2.24, 2.45) is 7.05 Å². The molecule has 10 heteroatoms. The lowest BCUT2D eigenvalue weighted by molar-refractivity contribution is 0.0563. The Morgan fingerprint density at radius 3 is 2.34 bits per heavy atom. The van der Waals surface area contributed by atoms with Crippen molar-refractivity contribution in [3.05, 3.63) is 77.1 Å². The molecule has 1 aliphatic heterocycles. The molecule has 0 radical (unpaired) electrons. The van der Waals surface area contributed by atoms with Gasteiger partial charge in [0.25, 0.3) is 11.8 Å². The highest BCUT2D eigenvalue weighted by Crippen LogP contribution is 2.45. The van der Waals surface area contributed by atoms with Crippen LogP contribution in [0.2, 0.25) is 0 Å². The zero-order chi connectivity index (χ0) is 26.3. The highest BCUT2D eigenvalue weighted by Gasteiger charge is 2.41. The number of H-pyrrole nitrogens is 1. The van der Waals surface area contributed by atoms with Crippen molar-refractivity contribution >= 4 is 55.4 Å². The number of imide groups is 1. The van der Waals surface area contributed by atoms with Gasteiger partial charge in [-0.05, 0) is 35.9 Å². The standard InChI is InChI=1S/C28H21N5O5/c1-32-20-9-16(36)5-7-18(20)22-24-23(21-17-6-4-15(35)8-19(17)31-25(21)26(22)32)27(37)33(28(24)38)30-11-13-2-3-14(12-34)29-10-13/h2-10,30-31,34-36H,11-12H2,1H3. The van der Waals surface area contributed by atoms with Gasteiger partial charge >= 0.3 is 0 Å². The topological polar surface area (TPSA) is 144 Å². The normalized spacial score (nSPS) is 13.6. The van der Waals surface area contributed by atoms with Crippen LogP contribution in [0.15, 0.2) is 54.7 Å². The van der Waals surface area contributed by atoms with Gasteiger partial charge in [0.05, 0.1) is 45.5 Å². The first-order chi connectivity index (χ1) is 18.4. The molecule has 0 unspecified atom stereocenters. The molecule has 0 spiro atoms. The van der Waals surface area contributed by atoms with E-state index in [1.165, 1.54) is 0 Å². The van der Waals surface area contributed by atoms with E-state index < -0.39 is 11.8 Å². The Bertz CT molecular complexity index is 1990. The second kappa shape index (κ2) is 7.78. The van der Waals surface area contributed by atoms with Crippen molar-refractivity contribution in [2.75, 3.05) is 0 Å². The molecule has 1 aliphatic rings. The van der Waals surface area contributed by atoms with Gasteiger partial charge in [0.1, 0.15) is 11.5 Å². The third-order valence-electron chi connectivity index (χ3n) is 7.28. The summed E-state index contributed by atoms with van der Waals surface area (Å²) in [7, 11) is 1.85. The Hall–Kier alpha value is -4.93. The van der Waals surface area contributed by atoms with Gasteiger partial charge in [-0.25, -0.2) is 10.4 Å². The number of benzene rings is 3. The van der Waals surface area contributed by atoms with Crippen LogP contribution in [-0.4, -0.2) is 46.7 Å². The summed E-state index contributed by atoms with van der Waals surface area (Å²) >= 11 is 0. The molecule has 5 N–H and O–H groups in total. The Labute approximate surface area is 214 Å². The number of hydrogen-bond acceptors (Lipinski definition) is 7. The summed E-state index contributed by atoms with van der Waals surface area (Å²) in [5.74, 6) is -0.804. The smallest absolute Gasteiger partial charge is 0.276 e. The molecular formula is C28H21N5O5. The average molecular weight is 508 g/mol. The van der Waals surface area contributed by atoms with Crippen LogP contribution in [0.5, 0.6) is 11.5 Å². The summed E-state index contributed by atoms with van der Waals surface area (Å²) in [5.41, 5.74) is 7.47. The molecule has 0 atom stereocenters. The van der Waals surface area contributed by atoms with Crippen LogP contribution in [0.1, 0.15) is 32.0 Å². The second-order valence-electron chi connectivity index (χ2n) is 9.44. The number of phenolic OH excluding ortho intramolecular Hbond substituents is 2. The molecule has 0 bridgehead atoms. The lowest BCUT2D eigenvalue weighted by atomic mass is 9.96. The van der Waals surface area contributed by atoms with Crippen LogP contribution in [0.4, 0.5) is 0 Å². The number of rotatable bonds is 4. The predicted octanol–water partition coefficient (Wildman–Crippen LogP) is 3.57. The maximum atomic E-state index is 13.9. The number of aliphatic hydroxyl groups is 1. The van der Waals surface area contributed by atoms with E-state index in [1.807, 2.05) is 11.6 Å². The zero-order valence-corrected chi connectivity index (χ0v) is 20.1. The van der Waals surface area contributed by atoms with E-state index in [-0.39, 0.29) is 35.8 Å². The average Bonchev–Trinajstić information content (AvgIpc) is 3.50. The van der Waals surface area contributed by atoms with Crippen molar-refractivity contribution in [1.29, 1.82) is 0 Å². The van der Waals surface area contributed by atoms with Crippen molar-refractivity contribution < 1.29 is 24.9 Å².